The largest absolute Gasteiger partial charge is 0.316 e. The first-order valence-electron chi connectivity index (χ1n) is 6.93. The number of anilines is 1. The van der Waals surface area contributed by atoms with Gasteiger partial charge in [0.05, 0.1) is 9.85 Å². The monoisotopic (exact) mass is 372 g/mol. The summed E-state index contributed by atoms with van der Waals surface area (Å²) in [4.78, 5) is 32.7. The van der Waals surface area contributed by atoms with Gasteiger partial charge in [-0.05, 0) is 23.8 Å². The molecule has 0 aromatic heterocycles. The second-order valence-corrected chi connectivity index (χ2v) is 5.33. The number of nitrogens with one attached hydrogen (secondary N) is 1. The van der Waals surface area contributed by atoms with Crippen LogP contribution in [0.2, 0.25) is 5.02 Å². The molecule has 0 fully saturated rings. The molecule has 0 saturated heterocycles. The highest BCUT2D eigenvalue weighted by Gasteiger charge is 2.18. The number of nitrogens with zero attached hydrogens (tertiary/aromatic N) is 3. The third-order valence-electron chi connectivity index (χ3n) is 3.16. The van der Waals surface area contributed by atoms with Gasteiger partial charge in [-0.15, -0.1) is 0 Å². The number of nitro benzene ring substituents is 2. The van der Waals surface area contributed by atoms with Crippen molar-refractivity contribution in [3.63, 3.8) is 0 Å². The maximum atomic E-state index is 12.2. The molecule has 0 aliphatic rings. The lowest BCUT2D eigenvalue weighted by Gasteiger charge is -2.05. The molecule has 130 valence electrons. The van der Waals surface area contributed by atoms with Gasteiger partial charge in [-0.2, -0.15) is 5.26 Å². The van der Waals surface area contributed by atoms with Crippen LogP contribution in [0.5, 0.6) is 0 Å². The highest BCUT2D eigenvalue weighted by atomic mass is 35.5. The first-order chi connectivity index (χ1) is 12.3. The first-order valence-corrected chi connectivity index (χ1v) is 7.31. The summed E-state index contributed by atoms with van der Waals surface area (Å²) in [5.41, 5.74) is -0.890. The van der Waals surface area contributed by atoms with Gasteiger partial charge in [-0.1, -0.05) is 23.7 Å². The number of amides is 1. The predicted octanol–water partition coefficient (Wildman–Crippen LogP) is 3.70. The molecule has 0 radical (unpaired) electrons. The number of hydrogen-bond donors (Lipinski definition) is 1. The molecule has 0 unspecified atom stereocenters. The highest BCUT2D eigenvalue weighted by Crippen LogP contribution is 2.28. The van der Waals surface area contributed by atoms with Crippen molar-refractivity contribution >= 4 is 40.6 Å². The van der Waals surface area contributed by atoms with Gasteiger partial charge in [0, 0.05) is 23.2 Å². The number of carbonyl (C=O) groups is 1. The summed E-state index contributed by atoms with van der Waals surface area (Å²) in [5, 5.41) is 33.4. The summed E-state index contributed by atoms with van der Waals surface area (Å²) in [6.07, 6.45) is 1.14. The minimum Gasteiger partial charge on any atom is -0.316 e. The van der Waals surface area contributed by atoms with Crippen molar-refractivity contribution in [2.24, 2.45) is 0 Å². The topological polar surface area (TPSA) is 139 Å². The fourth-order valence-electron chi connectivity index (χ4n) is 1.99. The van der Waals surface area contributed by atoms with E-state index < -0.39 is 21.4 Å². The van der Waals surface area contributed by atoms with E-state index in [2.05, 4.69) is 5.32 Å². The van der Waals surface area contributed by atoms with Crippen molar-refractivity contribution in [1.82, 2.24) is 0 Å². The summed E-state index contributed by atoms with van der Waals surface area (Å²) in [5.74, 6) is -0.899. The molecule has 0 bridgehead atoms. The number of nitriles is 1. The van der Waals surface area contributed by atoms with Crippen molar-refractivity contribution in [2.75, 3.05) is 5.32 Å². The Labute approximate surface area is 151 Å². The van der Waals surface area contributed by atoms with E-state index in [0.717, 1.165) is 12.1 Å². The lowest BCUT2D eigenvalue weighted by Crippen LogP contribution is -2.14. The van der Waals surface area contributed by atoms with Gasteiger partial charge < -0.3 is 5.32 Å². The molecule has 26 heavy (non-hydrogen) atoms. The molecule has 1 N–H and O–H groups in total. The van der Waals surface area contributed by atoms with Crippen LogP contribution in [0.1, 0.15) is 5.56 Å². The molecule has 2 aromatic rings. The molecule has 9 nitrogen and oxygen atoms in total. The van der Waals surface area contributed by atoms with Crippen LogP contribution in [-0.2, 0) is 4.79 Å². The van der Waals surface area contributed by atoms with Crippen LogP contribution in [0.4, 0.5) is 17.1 Å². The maximum absolute atomic E-state index is 12.2. The van der Waals surface area contributed by atoms with E-state index in [0.29, 0.717) is 0 Å². The average Bonchev–Trinajstić information content (AvgIpc) is 2.61. The van der Waals surface area contributed by atoms with E-state index in [9.17, 15) is 25.0 Å². The van der Waals surface area contributed by atoms with Gasteiger partial charge in [-0.25, -0.2) is 0 Å². The number of rotatable bonds is 5. The minimum atomic E-state index is -0.899. The van der Waals surface area contributed by atoms with Crippen LogP contribution in [0.15, 0.2) is 48.0 Å². The Hall–Kier alpha value is -3.77. The van der Waals surface area contributed by atoms with Crippen LogP contribution in [0.25, 0.3) is 6.08 Å². The lowest BCUT2D eigenvalue weighted by atomic mass is 10.1. The molecule has 0 aliphatic heterocycles. The van der Waals surface area contributed by atoms with E-state index >= 15 is 0 Å². The molecule has 2 aromatic carbocycles. The maximum Gasteiger partial charge on any atom is 0.294 e. The van der Waals surface area contributed by atoms with E-state index in [4.69, 9.17) is 16.9 Å². The number of benzene rings is 2. The van der Waals surface area contributed by atoms with Gasteiger partial charge in [0.1, 0.15) is 17.3 Å². The third kappa shape index (κ3) is 4.40. The van der Waals surface area contributed by atoms with Crippen molar-refractivity contribution < 1.29 is 14.6 Å². The SMILES string of the molecule is N#CC(=Cc1cccc([N+](=O)[O-])c1)C(=O)Nc1ccc(Cl)cc1[N+](=O)[O-]. The van der Waals surface area contributed by atoms with Gasteiger partial charge in [0.25, 0.3) is 17.3 Å². The number of hydrogen-bond acceptors (Lipinski definition) is 6. The summed E-state index contributed by atoms with van der Waals surface area (Å²) >= 11 is 5.70. The number of non-ortho nitro benzene ring substituents is 1. The van der Waals surface area contributed by atoms with E-state index in [1.807, 2.05) is 0 Å². The Balaban J connectivity index is 2.33. The minimum absolute atomic E-state index is 0.113. The van der Waals surface area contributed by atoms with Gasteiger partial charge in [0.2, 0.25) is 0 Å². The molecule has 1 amide bonds. The molecule has 0 spiro atoms. The fourth-order valence-corrected chi connectivity index (χ4v) is 2.16. The number of halogens is 1. The van der Waals surface area contributed by atoms with Crippen molar-refractivity contribution in [1.29, 1.82) is 5.26 Å². The standard InChI is InChI=1S/C16H9ClN4O5/c17-12-4-5-14(15(8-12)21(25)26)19-16(22)11(9-18)6-10-2-1-3-13(7-10)20(23)24/h1-8H,(H,19,22). The predicted molar refractivity (Wildman–Crippen MR) is 93.4 cm³/mol. The summed E-state index contributed by atoms with van der Waals surface area (Å²) < 4.78 is 0. The van der Waals surface area contributed by atoms with Gasteiger partial charge in [-0.3, -0.25) is 25.0 Å². The van der Waals surface area contributed by atoms with E-state index in [1.165, 1.54) is 36.4 Å². The molecule has 10 heteroatoms. The van der Waals surface area contributed by atoms with Gasteiger partial charge >= 0.3 is 0 Å². The second kappa shape index (κ2) is 7.87. The third-order valence-corrected chi connectivity index (χ3v) is 3.40. The van der Waals surface area contributed by atoms with Crippen molar-refractivity contribution in [3.8, 4) is 6.07 Å². The Morgan fingerprint density at radius 3 is 2.50 bits per heavy atom. The van der Waals surface area contributed by atoms with Crippen LogP contribution in [0.3, 0.4) is 0 Å². The molecule has 2 rings (SSSR count). The molecule has 0 saturated carbocycles. The zero-order valence-electron chi connectivity index (χ0n) is 12.9. The molecule has 0 aliphatic carbocycles. The summed E-state index contributed by atoms with van der Waals surface area (Å²) in [6.45, 7) is 0. The Kier molecular flexibility index (Phi) is 5.62. The van der Waals surface area contributed by atoms with Crippen LogP contribution >= 0.6 is 11.6 Å². The fraction of sp³-hybridized carbons (Fsp3) is 0. The first kappa shape index (κ1) is 18.6. The summed E-state index contributed by atoms with van der Waals surface area (Å²) in [6, 6.07) is 10.6. The Morgan fingerprint density at radius 1 is 1.15 bits per heavy atom. The quantitative estimate of drug-likeness (QED) is 0.367. The molecule has 0 heterocycles. The lowest BCUT2D eigenvalue weighted by molar-refractivity contribution is -0.384. The van der Waals surface area contributed by atoms with Crippen molar-refractivity contribution in [3.05, 3.63) is 78.9 Å². The van der Waals surface area contributed by atoms with Crippen molar-refractivity contribution in [2.45, 2.75) is 0 Å². The zero-order chi connectivity index (χ0) is 19.3. The molecule has 0 atom stereocenters. The zero-order valence-corrected chi connectivity index (χ0v) is 13.6. The number of carbonyl (C=O) groups excluding carboxylic acids is 1. The highest BCUT2D eigenvalue weighted by molar-refractivity contribution is 6.31. The molecular weight excluding hydrogens is 364 g/mol. The Morgan fingerprint density at radius 2 is 1.88 bits per heavy atom. The Bertz CT molecular complexity index is 981. The smallest absolute Gasteiger partial charge is 0.294 e. The second-order valence-electron chi connectivity index (χ2n) is 4.89. The van der Waals surface area contributed by atoms with Crippen LogP contribution < -0.4 is 5.32 Å². The normalized spacial score (nSPS) is 10.7. The van der Waals surface area contributed by atoms with Crippen LogP contribution in [-0.4, -0.2) is 15.8 Å². The van der Waals surface area contributed by atoms with E-state index in [1.54, 1.807) is 6.07 Å². The average molecular weight is 373 g/mol. The van der Waals surface area contributed by atoms with Gasteiger partial charge in [0.15, 0.2) is 0 Å². The van der Waals surface area contributed by atoms with E-state index in [-0.39, 0.29) is 27.5 Å². The molecular formula is C16H9ClN4O5. The van der Waals surface area contributed by atoms with Crippen LogP contribution in [0, 0.1) is 31.6 Å². The number of nitro groups is 2. The summed E-state index contributed by atoms with van der Waals surface area (Å²) in [7, 11) is 0.